The van der Waals surface area contributed by atoms with Crippen molar-refractivity contribution in [1.82, 2.24) is 4.72 Å². The first-order valence-electron chi connectivity index (χ1n) is 8.29. The Hall–Kier alpha value is -2.11. The number of ether oxygens (including phenoxy) is 1. The predicted molar refractivity (Wildman–Crippen MR) is 107 cm³/mol. The molecule has 148 valence electrons. The summed E-state index contributed by atoms with van der Waals surface area (Å²) in [5, 5.41) is 8.68. The third-order valence-electron chi connectivity index (χ3n) is 3.67. The van der Waals surface area contributed by atoms with Crippen molar-refractivity contribution in [2.24, 2.45) is 5.92 Å². The smallest absolute Gasteiger partial charge is 0.340 e. The second kappa shape index (κ2) is 9.39. The van der Waals surface area contributed by atoms with Crippen LogP contribution in [0.5, 0.6) is 0 Å². The molecule has 9 heteroatoms. The molecule has 0 heterocycles. The van der Waals surface area contributed by atoms with Crippen LogP contribution < -0.4 is 4.72 Å². The lowest BCUT2D eigenvalue weighted by atomic mass is 10.1. The van der Waals surface area contributed by atoms with Gasteiger partial charge in [-0.1, -0.05) is 49.2 Å². The minimum absolute atomic E-state index is 0.0161. The summed E-state index contributed by atoms with van der Waals surface area (Å²) in [5.41, 5.74) is 1.05. The van der Waals surface area contributed by atoms with E-state index in [1.165, 1.54) is 6.07 Å². The molecule has 28 heavy (non-hydrogen) atoms. The monoisotopic (exact) mass is 440 g/mol. The SMILES string of the molecule is CC(C)CNS(=O)(=O)c1cc(C(=O)OCc2ccc(C#N)cc2)c(Cl)cc1Cl. The number of hydrogen-bond acceptors (Lipinski definition) is 5. The van der Waals surface area contributed by atoms with Crippen LogP contribution in [0.15, 0.2) is 41.3 Å². The average molecular weight is 441 g/mol. The number of rotatable bonds is 7. The normalized spacial score (nSPS) is 11.3. The maximum absolute atomic E-state index is 12.5. The van der Waals surface area contributed by atoms with Gasteiger partial charge in [-0.15, -0.1) is 0 Å². The van der Waals surface area contributed by atoms with Crippen molar-refractivity contribution >= 4 is 39.2 Å². The van der Waals surface area contributed by atoms with E-state index in [1.54, 1.807) is 24.3 Å². The van der Waals surface area contributed by atoms with E-state index < -0.39 is 16.0 Å². The second-order valence-electron chi connectivity index (χ2n) is 6.39. The van der Waals surface area contributed by atoms with Gasteiger partial charge in [0.2, 0.25) is 10.0 Å². The van der Waals surface area contributed by atoms with E-state index in [9.17, 15) is 13.2 Å². The second-order valence-corrected chi connectivity index (χ2v) is 8.94. The highest BCUT2D eigenvalue weighted by molar-refractivity contribution is 7.89. The van der Waals surface area contributed by atoms with Crippen molar-refractivity contribution in [3.63, 3.8) is 0 Å². The van der Waals surface area contributed by atoms with E-state index >= 15 is 0 Å². The molecule has 0 aliphatic carbocycles. The molecule has 6 nitrogen and oxygen atoms in total. The molecule has 0 spiro atoms. The first-order chi connectivity index (χ1) is 13.1. The molecule has 1 N–H and O–H groups in total. The quantitative estimate of drug-likeness (QED) is 0.651. The first-order valence-corrected chi connectivity index (χ1v) is 10.5. The molecule has 0 radical (unpaired) electrons. The molecule has 0 fully saturated rings. The molecule has 0 saturated heterocycles. The Labute approximate surface area is 174 Å². The number of benzene rings is 2. The summed E-state index contributed by atoms with van der Waals surface area (Å²) in [6.45, 7) is 3.88. The van der Waals surface area contributed by atoms with Crippen LogP contribution in [-0.4, -0.2) is 20.9 Å². The van der Waals surface area contributed by atoms with Crippen molar-refractivity contribution in [3.05, 3.63) is 63.1 Å². The average Bonchev–Trinajstić information content (AvgIpc) is 2.64. The Morgan fingerprint density at radius 2 is 1.82 bits per heavy atom. The molecular weight excluding hydrogens is 423 g/mol. The van der Waals surface area contributed by atoms with Crippen molar-refractivity contribution in [3.8, 4) is 6.07 Å². The van der Waals surface area contributed by atoms with Crippen molar-refractivity contribution in [2.75, 3.05) is 6.54 Å². The Bertz CT molecular complexity index is 1010. The maximum atomic E-state index is 12.5. The number of nitrogens with zero attached hydrogens (tertiary/aromatic N) is 1. The van der Waals surface area contributed by atoms with Gasteiger partial charge in [-0.25, -0.2) is 17.9 Å². The molecule has 0 saturated carbocycles. The summed E-state index contributed by atoms with van der Waals surface area (Å²) in [6, 6.07) is 10.8. The van der Waals surface area contributed by atoms with E-state index in [0.717, 1.165) is 6.07 Å². The van der Waals surface area contributed by atoms with E-state index in [0.29, 0.717) is 11.1 Å². The van der Waals surface area contributed by atoms with Gasteiger partial charge in [0.05, 0.1) is 27.2 Å². The fraction of sp³-hybridized carbons (Fsp3) is 0.263. The summed E-state index contributed by atoms with van der Waals surface area (Å²) in [4.78, 5) is 12.2. The molecule has 2 aromatic rings. The summed E-state index contributed by atoms with van der Waals surface area (Å²) in [6.07, 6.45) is 0. The maximum Gasteiger partial charge on any atom is 0.340 e. The number of nitriles is 1. The van der Waals surface area contributed by atoms with Crippen molar-refractivity contribution in [2.45, 2.75) is 25.3 Å². The van der Waals surface area contributed by atoms with Gasteiger partial charge < -0.3 is 4.74 Å². The number of nitrogens with one attached hydrogen (secondary N) is 1. The summed E-state index contributed by atoms with van der Waals surface area (Å²) < 4.78 is 32.6. The highest BCUT2D eigenvalue weighted by Gasteiger charge is 2.23. The predicted octanol–water partition coefficient (Wildman–Crippen LogP) is 4.16. The van der Waals surface area contributed by atoms with Crippen molar-refractivity contribution < 1.29 is 17.9 Å². The molecule has 0 amide bonds. The van der Waals surface area contributed by atoms with Crippen LogP contribution in [0.25, 0.3) is 0 Å². The molecule has 2 rings (SSSR count). The van der Waals surface area contributed by atoms with Gasteiger partial charge in [0.25, 0.3) is 0 Å². The van der Waals surface area contributed by atoms with E-state index in [4.69, 9.17) is 33.2 Å². The molecule has 0 bridgehead atoms. The summed E-state index contributed by atoms with van der Waals surface area (Å²) in [5.74, 6) is -0.691. The molecule has 0 atom stereocenters. The van der Waals surface area contributed by atoms with Crippen LogP contribution in [0, 0.1) is 17.2 Å². The van der Waals surface area contributed by atoms with Gasteiger partial charge in [0.15, 0.2) is 0 Å². The first kappa shape index (κ1) is 22.2. The number of carbonyl (C=O) groups is 1. The molecule has 2 aromatic carbocycles. The lowest BCUT2D eigenvalue weighted by Gasteiger charge is -2.13. The van der Waals surface area contributed by atoms with Gasteiger partial charge in [-0.05, 0) is 35.7 Å². The number of hydrogen-bond donors (Lipinski definition) is 1. The Balaban J connectivity index is 2.22. The standard InChI is InChI=1S/C19H18Cl2N2O4S/c1-12(2)10-23-28(25,26)18-7-15(16(20)8-17(18)21)19(24)27-11-14-5-3-13(9-22)4-6-14/h3-8,12,23H,10-11H2,1-2H3. The van der Waals surface area contributed by atoms with Gasteiger partial charge in [0.1, 0.15) is 11.5 Å². The van der Waals surface area contributed by atoms with Gasteiger partial charge >= 0.3 is 5.97 Å². The zero-order chi connectivity index (χ0) is 20.9. The molecule has 0 aliphatic rings. The Kier molecular flexibility index (Phi) is 7.44. The number of carbonyl (C=O) groups excluding carboxylic acids is 1. The molecular formula is C19H18Cl2N2O4S. The zero-order valence-corrected chi connectivity index (χ0v) is 17.5. The van der Waals surface area contributed by atoms with E-state index in [-0.39, 0.29) is 39.6 Å². The minimum Gasteiger partial charge on any atom is -0.457 e. The van der Waals surface area contributed by atoms with Crippen LogP contribution in [0.3, 0.4) is 0 Å². The highest BCUT2D eigenvalue weighted by atomic mass is 35.5. The van der Waals surface area contributed by atoms with Crippen LogP contribution in [-0.2, 0) is 21.4 Å². The number of esters is 1. The largest absolute Gasteiger partial charge is 0.457 e. The van der Waals surface area contributed by atoms with E-state index in [1.807, 2.05) is 19.9 Å². The summed E-state index contributed by atoms with van der Waals surface area (Å²) in [7, 11) is -3.91. The summed E-state index contributed by atoms with van der Waals surface area (Å²) >= 11 is 12.1. The molecule has 0 unspecified atom stereocenters. The molecule has 0 aromatic heterocycles. The lowest BCUT2D eigenvalue weighted by Crippen LogP contribution is -2.28. The minimum atomic E-state index is -3.91. The number of sulfonamides is 1. The highest BCUT2D eigenvalue weighted by Crippen LogP contribution is 2.29. The third-order valence-corrected chi connectivity index (χ3v) is 5.87. The van der Waals surface area contributed by atoms with Gasteiger partial charge in [-0.2, -0.15) is 5.26 Å². The third kappa shape index (κ3) is 5.69. The zero-order valence-electron chi connectivity index (χ0n) is 15.2. The Morgan fingerprint density at radius 1 is 1.18 bits per heavy atom. The van der Waals surface area contributed by atoms with Crippen LogP contribution >= 0.6 is 23.2 Å². The van der Waals surface area contributed by atoms with E-state index in [2.05, 4.69) is 4.72 Å². The number of halogens is 2. The fourth-order valence-corrected chi connectivity index (χ4v) is 4.21. The van der Waals surface area contributed by atoms with Gasteiger partial charge in [0, 0.05) is 6.54 Å². The fourth-order valence-electron chi connectivity index (χ4n) is 2.15. The van der Waals surface area contributed by atoms with Crippen molar-refractivity contribution in [1.29, 1.82) is 5.26 Å². The van der Waals surface area contributed by atoms with Crippen LogP contribution in [0.2, 0.25) is 10.0 Å². The lowest BCUT2D eigenvalue weighted by molar-refractivity contribution is 0.0472. The topological polar surface area (TPSA) is 96.3 Å². The molecule has 0 aliphatic heterocycles. The van der Waals surface area contributed by atoms with Crippen LogP contribution in [0.1, 0.15) is 35.3 Å². The Morgan fingerprint density at radius 3 is 2.39 bits per heavy atom. The van der Waals surface area contributed by atoms with Crippen LogP contribution in [0.4, 0.5) is 0 Å². The van der Waals surface area contributed by atoms with Gasteiger partial charge in [-0.3, -0.25) is 0 Å².